The average molecular weight is 337 g/mol. The quantitative estimate of drug-likeness (QED) is 0.687. The average Bonchev–Trinajstić information content (AvgIpc) is 2.52. The smallest absolute Gasteiger partial charge is 0.269 e. The summed E-state index contributed by atoms with van der Waals surface area (Å²) in [5.41, 5.74) is 0.0828. The third-order valence-electron chi connectivity index (χ3n) is 3.06. The summed E-state index contributed by atoms with van der Waals surface area (Å²) in [6.07, 6.45) is -1.98. The van der Waals surface area contributed by atoms with E-state index in [2.05, 4.69) is 9.97 Å². The molecule has 0 aliphatic carbocycles. The Balaban J connectivity index is 1.77. The van der Waals surface area contributed by atoms with Crippen LogP contribution in [0.4, 0.5) is 13.2 Å². The van der Waals surface area contributed by atoms with Gasteiger partial charge in [-0.2, -0.15) is 13.2 Å². The lowest BCUT2D eigenvalue weighted by atomic mass is 10.3. The minimum atomic E-state index is -4.40. The van der Waals surface area contributed by atoms with Gasteiger partial charge in [-0.05, 0) is 24.3 Å². The van der Waals surface area contributed by atoms with Gasteiger partial charge in [-0.25, -0.2) is 9.97 Å². The van der Waals surface area contributed by atoms with Gasteiger partial charge in [-0.3, -0.25) is 9.20 Å². The summed E-state index contributed by atoms with van der Waals surface area (Å²) < 4.78 is 38.8. The molecule has 118 valence electrons. The van der Waals surface area contributed by atoms with E-state index in [1.807, 2.05) is 0 Å². The van der Waals surface area contributed by atoms with Crippen LogP contribution in [0.15, 0.2) is 58.6 Å². The Kier molecular flexibility index (Phi) is 4.08. The highest BCUT2D eigenvalue weighted by Crippen LogP contribution is 2.30. The summed E-state index contributed by atoms with van der Waals surface area (Å²) in [5.74, 6) is 0.346. The second kappa shape index (κ2) is 6.04. The van der Waals surface area contributed by atoms with E-state index in [1.54, 1.807) is 24.4 Å². The van der Waals surface area contributed by atoms with Crippen LogP contribution in [-0.4, -0.2) is 14.4 Å². The molecule has 0 bridgehead atoms. The number of rotatable bonds is 3. The second-order valence-corrected chi connectivity index (χ2v) is 5.68. The standard InChI is InChI=1S/C15H10F3N3OS/c16-15(17,18)10-4-5-13(19-8-10)23-9-11-7-14(22)21-6-2-1-3-12(21)20-11/h1-8H,9H2. The van der Waals surface area contributed by atoms with Crippen LogP contribution in [-0.2, 0) is 11.9 Å². The van der Waals surface area contributed by atoms with E-state index in [9.17, 15) is 18.0 Å². The number of nitrogens with zero attached hydrogens (tertiary/aromatic N) is 3. The topological polar surface area (TPSA) is 47.3 Å². The molecule has 8 heteroatoms. The van der Waals surface area contributed by atoms with Crippen LogP contribution in [0.2, 0.25) is 0 Å². The highest BCUT2D eigenvalue weighted by molar-refractivity contribution is 7.98. The second-order valence-electron chi connectivity index (χ2n) is 4.69. The molecule has 4 nitrogen and oxygen atoms in total. The van der Waals surface area contributed by atoms with Crippen molar-refractivity contribution in [3.05, 3.63) is 70.4 Å². The first-order chi connectivity index (χ1) is 10.9. The third-order valence-corrected chi connectivity index (χ3v) is 4.03. The predicted molar refractivity (Wildman–Crippen MR) is 80.3 cm³/mol. The maximum atomic E-state index is 12.5. The molecule has 0 saturated heterocycles. The maximum Gasteiger partial charge on any atom is 0.417 e. The van der Waals surface area contributed by atoms with E-state index in [1.165, 1.54) is 28.3 Å². The minimum Gasteiger partial charge on any atom is -0.269 e. The first kappa shape index (κ1) is 15.5. The van der Waals surface area contributed by atoms with E-state index in [-0.39, 0.29) is 5.56 Å². The van der Waals surface area contributed by atoms with Crippen LogP contribution in [0.1, 0.15) is 11.3 Å². The molecule has 3 aromatic heterocycles. The fourth-order valence-electron chi connectivity index (χ4n) is 1.96. The Hall–Kier alpha value is -2.35. The summed E-state index contributed by atoms with van der Waals surface area (Å²) in [6.45, 7) is 0. The first-order valence-corrected chi connectivity index (χ1v) is 7.55. The van der Waals surface area contributed by atoms with E-state index in [0.717, 1.165) is 12.3 Å². The van der Waals surface area contributed by atoms with E-state index < -0.39 is 11.7 Å². The number of pyridine rings is 2. The van der Waals surface area contributed by atoms with Crippen molar-refractivity contribution < 1.29 is 13.2 Å². The largest absolute Gasteiger partial charge is 0.417 e. The number of thioether (sulfide) groups is 1. The molecule has 3 heterocycles. The van der Waals surface area contributed by atoms with Crippen LogP contribution in [0.3, 0.4) is 0 Å². The predicted octanol–water partition coefficient (Wildman–Crippen LogP) is 3.40. The molecule has 0 radical (unpaired) electrons. The van der Waals surface area contributed by atoms with Gasteiger partial charge >= 0.3 is 6.18 Å². The number of alkyl halides is 3. The molecule has 0 fully saturated rings. The van der Waals surface area contributed by atoms with Crippen LogP contribution >= 0.6 is 11.8 Å². The van der Waals surface area contributed by atoms with Crippen LogP contribution in [0.25, 0.3) is 5.65 Å². The number of hydrogen-bond donors (Lipinski definition) is 0. The Morgan fingerprint density at radius 1 is 1.17 bits per heavy atom. The molecule has 0 amide bonds. The molecule has 3 aromatic rings. The lowest BCUT2D eigenvalue weighted by Gasteiger charge is -2.07. The highest BCUT2D eigenvalue weighted by atomic mass is 32.2. The van der Waals surface area contributed by atoms with Gasteiger partial charge in [0.1, 0.15) is 5.65 Å². The molecule has 23 heavy (non-hydrogen) atoms. The molecule has 0 N–H and O–H groups in total. The molecule has 0 unspecified atom stereocenters. The van der Waals surface area contributed by atoms with Gasteiger partial charge in [0.05, 0.1) is 16.3 Å². The zero-order valence-electron chi connectivity index (χ0n) is 11.6. The van der Waals surface area contributed by atoms with Crippen molar-refractivity contribution in [3.63, 3.8) is 0 Å². The van der Waals surface area contributed by atoms with Gasteiger partial charge in [0.25, 0.3) is 5.56 Å². The minimum absolute atomic E-state index is 0.202. The number of hydrogen-bond acceptors (Lipinski definition) is 4. The SMILES string of the molecule is O=c1cc(CSc2ccc(C(F)(F)F)cn2)nc2ccccn12. The molecular weight excluding hydrogens is 327 g/mol. The van der Waals surface area contributed by atoms with Gasteiger partial charge < -0.3 is 0 Å². The summed E-state index contributed by atoms with van der Waals surface area (Å²) in [4.78, 5) is 20.1. The van der Waals surface area contributed by atoms with Crippen LogP contribution in [0.5, 0.6) is 0 Å². The fourth-order valence-corrected chi connectivity index (χ4v) is 2.69. The summed E-state index contributed by atoms with van der Waals surface area (Å²) in [6, 6.07) is 8.92. The molecule has 0 atom stereocenters. The van der Waals surface area contributed by atoms with Gasteiger partial charge in [0.15, 0.2) is 0 Å². The zero-order valence-corrected chi connectivity index (χ0v) is 12.4. The number of halogens is 3. The van der Waals surface area contributed by atoms with E-state index >= 15 is 0 Å². The van der Waals surface area contributed by atoms with Crippen LogP contribution in [0, 0.1) is 0 Å². The molecule has 0 aliphatic rings. The Bertz CT molecular complexity index is 891. The molecule has 0 saturated carbocycles. The number of fused-ring (bicyclic) bond motifs is 1. The van der Waals surface area contributed by atoms with Crippen molar-refractivity contribution in [3.8, 4) is 0 Å². The van der Waals surface area contributed by atoms with Crippen molar-refractivity contribution in [2.24, 2.45) is 0 Å². The first-order valence-electron chi connectivity index (χ1n) is 6.57. The zero-order chi connectivity index (χ0) is 16.4. The molecule has 0 spiro atoms. The van der Waals surface area contributed by atoms with Crippen molar-refractivity contribution in [1.29, 1.82) is 0 Å². The van der Waals surface area contributed by atoms with Crippen LogP contribution < -0.4 is 5.56 Å². The molecular formula is C15H10F3N3OS. The normalized spacial score (nSPS) is 11.8. The Morgan fingerprint density at radius 3 is 2.70 bits per heavy atom. The van der Waals surface area contributed by atoms with Crippen molar-refractivity contribution >= 4 is 17.4 Å². The van der Waals surface area contributed by atoms with Gasteiger partial charge in [-0.1, -0.05) is 6.07 Å². The van der Waals surface area contributed by atoms with E-state index in [4.69, 9.17) is 0 Å². The van der Waals surface area contributed by atoms with Gasteiger partial charge in [0.2, 0.25) is 0 Å². The van der Waals surface area contributed by atoms with Gasteiger partial charge in [-0.15, -0.1) is 11.8 Å². The lowest BCUT2D eigenvalue weighted by molar-refractivity contribution is -0.137. The van der Waals surface area contributed by atoms with Gasteiger partial charge in [0, 0.05) is 24.2 Å². The summed E-state index contributed by atoms with van der Waals surface area (Å²) in [5, 5.41) is 0.438. The Labute approximate surface area is 133 Å². The number of aromatic nitrogens is 3. The van der Waals surface area contributed by atoms with Crippen molar-refractivity contribution in [2.45, 2.75) is 17.0 Å². The van der Waals surface area contributed by atoms with E-state index in [0.29, 0.717) is 22.1 Å². The molecule has 0 aliphatic heterocycles. The lowest BCUT2D eigenvalue weighted by Crippen LogP contribution is -2.14. The molecule has 3 rings (SSSR count). The molecule has 0 aromatic carbocycles. The third kappa shape index (κ3) is 3.53. The summed E-state index contributed by atoms with van der Waals surface area (Å²) >= 11 is 1.22. The van der Waals surface area contributed by atoms with Crippen molar-refractivity contribution in [2.75, 3.05) is 0 Å². The fraction of sp³-hybridized carbons (Fsp3) is 0.133. The Morgan fingerprint density at radius 2 is 2.00 bits per heavy atom. The highest BCUT2D eigenvalue weighted by Gasteiger charge is 2.30. The van der Waals surface area contributed by atoms with Crippen molar-refractivity contribution in [1.82, 2.24) is 14.4 Å². The maximum absolute atomic E-state index is 12.5. The monoisotopic (exact) mass is 337 g/mol. The summed E-state index contributed by atoms with van der Waals surface area (Å²) in [7, 11) is 0.